The van der Waals surface area contributed by atoms with Crippen molar-refractivity contribution in [3.63, 3.8) is 0 Å². The standard InChI is InChI=1S/C27H31ClN4OS/c1-15-29-23(19-7-10-34-24(19)30-15)21-12-20(21)18-6-5-16(11-22(18)28)25(33)32(4)17-13-26(2)8-9-27(3,14-17)31-26/h5-7,10-11,17,20-21,31H,8-9,12-14H2,1-4H3. The van der Waals surface area contributed by atoms with Crippen molar-refractivity contribution >= 4 is 39.1 Å². The van der Waals surface area contributed by atoms with E-state index < -0.39 is 0 Å². The first-order valence-electron chi connectivity index (χ1n) is 12.2. The van der Waals surface area contributed by atoms with Crippen LogP contribution < -0.4 is 5.32 Å². The summed E-state index contributed by atoms with van der Waals surface area (Å²) in [6.45, 7) is 6.55. The fourth-order valence-electron chi connectivity index (χ4n) is 6.54. The van der Waals surface area contributed by atoms with E-state index in [4.69, 9.17) is 16.6 Å². The molecule has 4 unspecified atom stereocenters. The molecule has 1 amide bonds. The van der Waals surface area contributed by atoms with E-state index in [9.17, 15) is 4.79 Å². The molecule has 6 rings (SSSR count). The molecule has 2 saturated heterocycles. The zero-order valence-electron chi connectivity index (χ0n) is 20.2. The van der Waals surface area contributed by atoms with Gasteiger partial charge in [-0.05, 0) is 87.9 Å². The van der Waals surface area contributed by atoms with Crippen molar-refractivity contribution in [2.75, 3.05) is 7.05 Å². The first kappa shape index (κ1) is 22.4. The predicted octanol–water partition coefficient (Wildman–Crippen LogP) is 6.06. The second-order valence-corrected chi connectivity index (χ2v) is 12.5. The van der Waals surface area contributed by atoms with Gasteiger partial charge in [-0.15, -0.1) is 11.3 Å². The van der Waals surface area contributed by atoms with Gasteiger partial charge in [0.1, 0.15) is 10.7 Å². The van der Waals surface area contributed by atoms with Gasteiger partial charge in [-0.1, -0.05) is 17.7 Å². The fraction of sp³-hybridized carbons (Fsp3) is 0.519. The minimum absolute atomic E-state index is 0.0608. The van der Waals surface area contributed by atoms with Crippen LogP contribution in [0.5, 0.6) is 0 Å². The highest BCUT2D eigenvalue weighted by Gasteiger charge is 2.50. The van der Waals surface area contributed by atoms with Crippen LogP contribution in [0.1, 0.15) is 85.2 Å². The Labute approximate surface area is 209 Å². The molecule has 7 heteroatoms. The summed E-state index contributed by atoms with van der Waals surface area (Å²) in [5.41, 5.74) is 3.18. The van der Waals surface area contributed by atoms with Crippen molar-refractivity contribution in [2.45, 2.75) is 81.8 Å². The van der Waals surface area contributed by atoms with E-state index >= 15 is 0 Å². The summed E-state index contributed by atoms with van der Waals surface area (Å²) < 4.78 is 0. The van der Waals surface area contributed by atoms with Crippen LogP contribution in [0.4, 0.5) is 0 Å². The Balaban J connectivity index is 1.20. The third-order valence-corrected chi connectivity index (χ3v) is 9.46. The summed E-state index contributed by atoms with van der Waals surface area (Å²) in [5.74, 6) is 1.57. The summed E-state index contributed by atoms with van der Waals surface area (Å²) in [7, 11) is 1.95. The molecule has 1 aliphatic carbocycles. The van der Waals surface area contributed by atoms with Gasteiger partial charge in [0.2, 0.25) is 0 Å². The predicted molar refractivity (Wildman–Crippen MR) is 138 cm³/mol. The molecule has 0 radical (unpaired) electrons. The van der Waals surface area contributed by atoms with Crippen LogP contribution in [0.2, 0.25) is 5.02 Å². The van der Waals surface area contributed by atoms with Gasteiger partial charge in [0.25, 0.3) is 5.91 Å². The molecule has 4 atom stereocenters. The average Bonchev–Trinajstić information content (AvgIpc) is 3.36. The topological polar surface area (TPSA) is 58.1 Å². The Kier molecular flexibility index (Phi) is 5.11. The summed E-state index contributed by atoms with van der Waals surface area (Å²) in [4.78, 5) is 25.8. The first-order chi connectivity index (χ1) is 16.1. The second kappa shape index (κ2) is 7.74. The number of piperidine rings is 1. The molecule has 4 heterocycles. The molecule has 3 aliphatic rings. The van der Waals surface area contributed by atoms with Gasteiger partial charge in [0, 0.05) is 46.1 Å². The number of thiophene rings is 1. The monoisotopic (exact) mass is 494 g/mol. The summed E-state index contributed by atoms with van der Waals surface area (Å²) >= 11 is 8.43. The van der Waals surface area contributed by atoms with Crippen LogP contribution in [0.15, 0.2) is 29.6 Å². The van der Waals surface area contributed by atoms with Gasteiger partial charge in [0.15, 0.2) is 0 Å². The van der Waals surface area contributed by atoms with Gasteiger partial charge >= 0.3 is 0 Å². The fourth-order valence-corrected chi connectivity index (χ4v) is 7.68. The zero-order valence-corrected chi connectivity index (χ0v) is 21.8. The summed E-state index contributed by atoms with van der Waals surface area (Å²) in [6, 6.07) is 8.25. The third kappa shape index (κ3) is 3.75. The number of nitrogens with zero attached hydrogens (tertiary/aromatic N) is 3. The molecule has 5 nitrogen and oxygen atoms in total. The highest BCUT2D eigenvalue weighted by molar-refractivity contribution is 7.16. The Morgan fingerprint density at radius 1 is 1.15 bits per heavy atom. The van der Waals surface area contributed by atoms with Gasteiger partial charge in [-0.3, -0.25) is 4.79 Å². The molecule has 2 bridgehead atoms. The molecular formula is C27H31ClN4OS. The number of hydrogen-bond donors (Lipinski definition) is 1. The number of rotatable bonds is 4. The Morgan fingerprint density at radius 3 is 2.59 bits per heavy atom. The molecular weight excluding hydrogens is 464 g/mol. The van der Waals surface area contributed by atoms with Crippen molar-refractivity contribution in [3.05, 3.63) is 57.3 Å². The highest BCUT2D eigenvalue weighted by atomic mass is 35.5. The molecule has 1 aromatic carbocycles. The molecule has 34 heavy (non-hydrogen) atoms. The molecule has 1 N–H and O–H groups in total. The number of nitrogens with one attached hydrogen (secondary N) is 1. The number of aromatic nitrogens is 2. The van der Waals surface area contributed by atoms with Crippen molar-refractivity contribution < 1.29 is 4.79 Å². The van der Waals surface area contributed by atoms with E-state index in [0.29, 0.717) is 22.4 Å². The molecule has 3 aromatic rings. The Hall–Kier alpha value is -2.02. The van der Waals surface area contributed by atoms with Crippen molar-refractivity contribution in [1.29, 1.82) is 0 Å². The normalized spacial score (nSPS) is 32.2. The summed E-state index contributed by atoms with van der Waals surface area (Å²) in [5, 5.41) is 7.73. The summed E-state index contributed by atoms with van der Waals surface area (Å²) in [6.07, 6.45) is 5.37. The zero-order chi connectivity index (χ0) is 23.8. The lowest BCUT2D eigenvalue weighted by atomic mass is 9.84. The average molecular weight is 495 g/mol. The quantitative estimate of drug-likeness (QED) is 0.479. The number of hydrogen-bond acceptors (Lipinski definition) is 5. The van der Waals surface area contributed by atoms with Gasteiger partial charge in [0.05, 0.1) is 5.69 Å². The maximum atomic E-state index is 13.4. The van der Waals surface area contributed by atoms with E-state index in [2.05, 4.69) is 41.7 Å². The number of benzene rings is 1. The number of carbonyl (C=O) groups excluding carboxylic acids is 1. The second-order valence-electron chi connectivity index (χ2n) is 11.2. The van der Waals surface area contributed by atoms with Gasteiger partial charge < -0.3 is 10.2 Å². The van der Waals surface area contributed by atoms with Crippen LogP contribution >= 0.6 is 22.9 Å². The molecule has 0 spiro atoms. The van der Waals surface area contributed by atoms with E-state index in [1.54, 1.807) is 11.3 Å². The van der Waals surface area contributed by atoms with Crippen molar-refractivity contribution in [2.24, 2.45) is 0 Å². The number of carbonyl (C=O) groups is 1. The van der Waals surface area contributed by atoms with Crippen LogP contribution in [0.3, 0.4) is 0 Å². The molecule has 2 aromatic heterocycles. The van der Waals surface area contributed by atoms with Crippen molar-refractivity contribution in [3.8, 4) is 0 Å². The van der Waals surface area contributed by atoms with E-state index in [0.717, 1.165) is 46.6 Å². The lowest BCUT2D eigenvalue weighted by Crippen LogP contribution is -2.59. The lowest BCUT2D eigenvalue weighted by Gasteiger charge is -2.45. The van der Waals surface area contributed by atoms with E-state index in [1.807, 2.05) is 31.0 Å². The number of aryl methyl sites for hydroxylation is 1. The maximum absolute atomic E-state index is 13.4. The minimum Gasteiger partial charge on any atom is -0.339 e. The molecule has 3 fully saturated rings. The lowest BCUT2D eigenvalue weighted by molar-refractivity contribution is 0.0597. The molecule has 2 aliphatic heterocycles. The van der Waals surface area contributed by atoms with Crippen LogP contribution in [0.25, 0.3) is 10.2 Å². The highest BCUT2D eigenvalue weighted by Crippen LogP contribution is 2.57. The van der Waals surface area contributed by atoms with Gasteiger partial charge in [-0.25, -0.2) is 9.97 Å². The van der Waals surface area contributed by atoms with E-state index in [1.165, 1.54) is 12.8 Å². The largest absolute Gasteiger partial charge is 0.339 e. The number of amides is 1. The molecule has 178 valence electrons. The number of fused-ring (bicyclic) bond motifs is 3. The number of halogens is 1. The Morgan fingerprint density at radius 2 is 1.88 bits per heavy atom. The first-order valence-corrected chi connectivity index (χ1v) is 13.5. The Bertz CT molecular complexity index is 1290. The minimum atomic E-state index is 0.0608. The van der Waals surface area contributed by atoms with Crippen LogP contribution in [0, 0.1) is 6.92 Å². The van der Waals surface area contributed by atoms with Crippen LogP contribution in [-0.4, -0.2) is 44.9 Å². The molecule has 1 saturated carbocycles. The smallest absolute Gasteiger partial charge is 0.253 e. The van der Waals surface area contributed by atoms with Gasteiger partial charge in [-0.2, -0.15) is 0 Å². The van der Waals surface area contributed by atoms with E-state index in [-0.39, 0.29) is 23.0 Å². The maximum Gasteiger partial charge on any atom is 0.253 e. The van der Waals surface area contributed by atoms with Crippen LogP contribution in [-0.2, 0) is 0 Å². The third-order valence-electron chi connectivity index (χ3n) is 8.33. The SMILES string of the molecule is Cc1nc(C2CC2c2ccc(C(=O)N(C)C3CC4(C)CCC(C)(C3)N4)cc2Cl)c2ccsc2n1. The van der Waals surface area contributed by atoms with Crippen molar-refractivity contribution in [1.82, 2.24) is 20.2 Å².